The third-order valence-electron chi connectivity index (χ3n) is 3.51. The van der Waals surface area contributed by atoms with Gasteiger partial charge in [-0.05, 0) is 56.3 Å². The predicted octanol–water partition coefficient (Wildman–Crippen LogP) is 3.09. The van der Waals surface area contributed by atoms with Gasteiger partial charge in [0.1, 0.15) is 0 Å². The Morgan fingerprint density at radius 2 is 1.79 bits per heavy atom. The molecule has 2 aromatic rings. The molecule has 2 rings (SSSR count). The number of esters is 1. The minimum Gasteiger partial charge on any atom is -0.490 e. The first kappa shape index (κ1) is 20.8. The van der Waals surface area contributed by atoms with Crippen LogP contribution in [-0.2, 0) is 9.53 Å². The number of oxime groups is 1. The van der Waals surface area contributed by atoms with Gasteiger partial charge in [0.15, 0.2) is 18.1 Å². The van der Waals surface area contributed by atoms with Gasteiger partial charge in [0.05, 0.1) is 25.0 Å². The summed E-state index contributed by atoms with van der Waals surface area (Å²) in [7, 11) is 0. The lowest BCUT2D eigenvalue weighted by molar-refractivity contribution is -0.118. The molecular formula is C20H22N2O6. The quantitative estimate of drug-likeness (QED) is 0.297. The normalized spacial score (nSPS) is 10.5. The molecule has 8 heteroatoms. The van der Waals surface area contributed by atoms with Crippen molar-refractivity contribution in [2.75, 3.05) is 25.1 Å². The minimum absolute atomic E-state index is 0.229. The van der Waals surface area contributed by atoms with Crippen molar-refractivity contribution in [1.29, 1.82) is 0 Å². The lowest BCUT2D eigenvalue weighted by atomic mass is 10.2. The first-order valence-corrected chi connectivity index (χ1v) is 8.71. The van der Waals surface area contributed by atoms with Crippen molar-refractivity contribution in [3.05, 3.63) is 53.6 Å². The van der Waals surface area contributed by atoms with Crippen LogP contribution in [0.15, 0.2) is 47.6 Å². The van der Waals surface area contributed by atoms with Crippen molar-refractivity contribution in [3.8, 4) is 11.5 Å². The zero-order chi connectivity index (χ0) is 20.4. The maximum absolute atomic E-state index is 12.1. The summed E-state index contributed by atoms with van der Waals surface area (Å²) in [5, 5.41) is 14.3. The van der Waals surface area contributed by atoms with Gasteiger partial charge in [-0.3, -0.25) is 4.79 Å². The second-order valence-corrected chi connectivity index (χ2v) is 5.52. The molecule has 1 amide bonds. The van der Waals surface area contributed by atoms with E-state index in [-0.39, 0.29) is 12.5 Å². The van der Waals surface area contributed by atoms with Gasteiger partial charge < -0.3 is 24.7 Å². The standard InChI is InChI=1S/C20H22N2O6/c1-3-26-18-11-14(12-21-25)5-10-17(18)28-13-19(23)22-16-8-6-15(7-9-16)20(24)27-4-2/h5-12,25H,3-4,13H2,1-2H3,(H,22,23). The average Bonchev–Trinajstić information content (AvgIpc) is 2.68. The molecule has 0 aromatic heterocycles. The van der Waals surface area contributed by atoms with E-state index in [9.17, 15) is 9.59 Å². The Bertz CT molecular complexity index is 833. The van der Waals surface area contributed by atoms with Crippen LogP contribution in [0.4, 0.5) is 5.69 Å². The molecule has 0 saturated heterocycles. The number of ether oxygens (including phenoxy) is 3. The van der Waals surface area contributed by atoms with Crippen LogP contribution in [-0.4, -0.2) is 43.1 Å². The van der Waals surface area contributed by atoms with Crippen molar-refractivity contribution in [3.63, 3.8) is 0 Å². The van der Waals surface area contributed by atoms with E-state index in [4.69, 9.17) is 19.4 Å². The average molecular weight is 386 g/mol. The lowest BCUT2D eigenvalue weighted by Crippen LogP contribution is -2.20. The molecule has 0 heterocycles. The maximum Gasteiger partial charge on any atom is 0.338 e. The summed E-state index contributed by atoms with van der Waals surface area (Å²) >= 11 is 0. The third kappa shape index (κ3) is 6.01. The smallest absolute Gasteiger partial charge is 0.338 e. The van der Waals surface area contributed by atoms with Crippen LogP contribution >= 0.6 is 0 Å². The molecule has 0 fully saturated rings. The Balaban J connectivity index is 1.96. The summed E-state index contributed by atoms with van der Waals surface area (Å²) in [5.41, 5.74) is 1.56. The molecule has 0 aliphatic carbocycles. The van der Waals surface area contributed by atoms with Crippen molar-refractivity contribution in [1.82, 2.24) is 0 Å². The number of carbonyl (C=O) groups excluding carboxylic acids is 2. The highest BCUT2D eigenvalue weighted by molar-refractivity contribution is 5.93. The summed E-state index contributed by atoms with van der Waals surface area (Å²) in [6, 6.07) is 11.3. The van der Waals surface area contributed by atoms with Gasteiger partial charge in [0.25, 0.3) is 5.91 Å². The summed E-state index contributed by atoms with van der Waals surface area (Å²) in [4.78, 5) is 23.7. The second-order valence-electron chi connectivity index (χ2n) is 5.52. The Morgan fingerprint density at radius 3 is 2.43 bits per heavy atom. The number of hydrogen-bond acceptors (Lipinski definition) is 7. The SMILES string of the molecule is CCOC(=O)c1ccc(NC(=O)COc2ccc(C=NO)cc2OCC)cc1. The van der Waals surface area contributed by atoms with Crippen LogP contribution in [0.1, 0.15) is 29.8 Å². The fraction of sp³-hybridized carbons (Fsp3) is 0.250. The number of amides is 1. The Kier molecular flexibility index (Phi) is 7.83. The Morgan fingerprint density at radius 1 is 1.04 bits per heavy atom. The Hall–Kier alpha value is -3.55. The van der Waals surface area contributed by atoms with E-state index in [0.717, 1.165) is 0 Å². The zero-order valence-corrected chi connectivity index (χ0v) is 15.7. The summed E-state index contributed by atoms with van der Waals surface area (Å²) in [6.45, 7) is 4.04. The van der Waals surface area contributed by atoms with Crippen LogP contribution in [0.3, 0.4) is 0 Å². The van der Waals surface area contributed by atoms with Crippen molar-refractivity contribution < 1.29 is 29.0 Å². The van der Waals surface area contributed by atoms with Gasteiger partial charge in [0, 0.05) is 11.3 Å². The molecule has 0 radical (unpaired) electrons. The molecule has 28 heavy (non-hydrogen) atoms. The fourth-order valence-electron chi connectivity index (χ4n) is 2.30. The van der Waals surface area contributed by atoms with Gasteiger partial charge in [-0.15, -0.1) is 0 Å². The molecule has 148 valence electrons. The molecule has 8 nitrogen and oxygen atoms in total. The number of nitrogens with one attached hydrogen (secondary N) is 1. The van der Waals surface area contributed by atoms with Crippen molar-refractivity contribution in [2.45, 2.75) is 13.8 Å². The first-order valence-electron chi connectivity index (χ1n) is 8.71. The van der Waals surface area contributed by atoms with Crippen LogP contribution in [0.25, 0.3) is 0 Å². The van der Waals surface area contributed by atoms with Gasteiger partial charge >= 0.3 is 5.97 Å². The molecule has 0 unspecified atom stereocenters. The minimum atomic E-state index is -0.415. The predicted molar refractivity (Wildman–Crippen MR) is 104 cm³/mol. The van der Waals surface area contributed by atoms with Gasteiger partial charge in [-0.25, -0.2) is 4.79 Å². The van der Waals surface area contributed by atoms with E-state index in [0.29, 0.717) is 41.5 Å². The zero-order valence-electron chi connectivity index (χ0n) is 15.7. The maximum atomic E-state index is 12.1. The van der Waals surface area contributed by atoms with E-state index in [1.165, 1.54) is 6.21 Å². The first-order chi connectivity index (χ1) is 13.6. The molecule has 0 aliphatic rings. The van der Waals surface area contributed by atoms with E-state index in [2.05, 4.69) is 10.5 Å². The van der Waals surface area contributed by atoms with Crippen molar-refractivity contribution >= 4 is 23.8 Å². The van der Waals surface area contributed by atoms with E-state index in [1.54, 1.807) is 49.4 Å². The molecule has 2 N–H and O–H groups in total. The summed E-state index contributed by atoms with van der Waals surface area (Å²) < 4.78 is 15.9. The third-order valence-corrected chi connectivity index (χ3v) is 3.51. The van der Waals surface area contributed by atoms with Gasteiger partial charge in [-0.1, -0.05) is 5.16 Å². The van der Waals surface area contributed by atoms with E-state index < -0.39 is 5.97 Å². The fourth-order valence-corrected chi connectivity index (χ4v) is 2.30. The molecule has 0 aliphatic heterocycles. The molecular weight excluding hydrogens is 364 g/mol. The number of rotatable bonds is 9. The largest absolute Gasteiger partial charge is 0.490 e. The van der Waals surface area contributed by atoms with Crippen LogP contribution < -0.4 is 14.8 Å². The molecule has 0 saturated carbocycles. The van der Waals surface area contributed by atoms with Crippen LogP contribution in [0, 0.1) is 0 Å². The Labute approximate surface area is 162 Å². The summed E-state index contributed by atoms with van der Waals surface area (Å²) in [5.74, 6) is 0.0467. The number of hydrogen-bond donors (Lipinski definition) is 2. The molecule has 2 aromatic carbocycles. The molecule has 0 spiro atoms. The lowest BCUT2D eigenvalue weighted by Gasteiger charge is -2.12. The summed E-state index contributed by atoms with van der Waals surface area (Å²) in [6.07, 6.45) is 1.26. The van der Waals surface area contributed by atoms with E-state index in [1.807, 2.05) is 6.92 Å². The molecule has 0 bridgehead atoms. The van der Waals surface area contributed by atoms with Crippen LogP contribution in [0.5, 0.6) is 11.5 Å². The number of anilines is 1. The number of nitrogens with zero attached hydrogens (tertiary/aromatic N) is 1. The van der Waals surface area contributed by atoms with E-state index >= 15 is 0 Å². The molecule has 0 atom stereocenters. The van der Waals surface area contributed by atoms with Crippen molar-refractivity contribution in [2.24, 2.45) is 5.16 Å². The number of carbonyl (C=O) groups is 2. The second kappa shape index (κ2) is 10.6. The topological polar surface area (TPSA) is 106 Å². The van der Waals surface area contributed by atoms with Gasteiger partial charge in [0.2, 0.25) is 0 Å². The van der Waals surface area contributed by atoms with Crippen LogP contribution in [0.2, 0.25) is 0 Å². The monoisotopic (exact) mass is 386 g/mol. The van der Waals surface area contributed by atoms with Gasteiger partial charge in [-0.2, -0.15) is 0 Å². The highest BCUT2D eigenvalue weighted by Crippen LogP contribution is 2.28. The highest BCUT2D eigenvalue weighted by atomic mass is 16.5. The number of benzene rings is 2. The highest BCUT2D eigenvalue weighted by Gasteiger charge is 2.10.